The molecule has 0 saturated carbocycles. The second-order valence-electron chi connectivity index (χ2n) is 3.17. The molecule has 2 nitrogen and oxygen atoms in total. The van der Waals surface area contributed by atoms with Crippen LogP contribution in [-0.2, 0) is 6.42 Å². The molecule has 0 bridgehead atoms. The quantitative estimate of drug-likeness (QED) is 0.553. The van der Waals surface area contributed by atoms with Crippen molar-refractivity contribution in [1.82, 2.24) is 4.98 Å². The van der Waals surface area contributed by atoms with Gasteiger partial charge in [-0.05, 0) is 25.0 Å². The smallest absolute Gasteiger partial charge is 0.0430 e. The predicted octanol–water partition coefficient (Wildman–Crippen LogP) is 1.46. The van der Waals surface area contributed by atoms with Crippen LogP contribution in [0.5, 0.6) is 0 Å². The first-order valence-electron chi connectivity index (χ1n) is 3.95. The van der Waals surface area contributed by atoms with E-state index < -0.39 is 0 Å². The van der Waals surface area contributed by atoms with Crippen LogP contribution in [0.25, 0.3) is 0 Å². The van der Waals surface area contributed by atoms with Crippen LogP contribution in [0.1, 0.15) is 12.5 Å². The first-order valence-corrected chi connectivity index (χ1v) is 3.95. The van der Waals surface area contributed by atoms with Crippen molar-refractivity contribution in [2.75, 3.05) is 11.9 Å². The zero-order valence-corrected chi connectivity index (χ0v) is 6.91. The Labute approximate surface area is 66.9 Å². The molecule has 1 aliphatic rings. The first-order chi connectivity index (χ1) is 5.29. The van der Waals surface area contributed by atoms with Gasteiger partial charge < -0.3 is 4.90 Å². The van der Waals surface area contributed by atoms with Crippen LogP contribution >= 0.6 is 0 Å². The SMILES string of the molecule is CC1Cc2cnccc2N1C. The minimum absolute atomic E-state index is 0.634. The van der Waals surface area contributed by atoms with Crippen molar-refractivity contribution in [1.29, 1.82) is 0 Å². The molecule has 11 heavy (non-hydrogen) atoms. The van der Waals surface area contributed by atoms with Crippen LogP contribution in [0.15, 0.2) is 18.5 Å². The van der Waals surface area contributed by atoms with E-state index in [0.29, 0.717) is 6.04 Å². The number of hydrogen-bond donors (Lipinski definition) is 0. The number of aromatic nitrogens is 1. The van der Waals surface area contributed by atoms with Gasteiger partial charge in [-0.25, -0.2) is 0 Å². The fourth-order valence-electron chi connectivity index (χ4n) is 1.61. The van der Waals surface area contributed by atoms with E-state index in [0.717, 1.165) is 6.42 Å². The van der Waals surface area contributed by atoms with Crippen LogP contribution in [-0.4, -0.2) is 18.1 Å². The molecule has 1 aliphatic heterocycles. The Bertz CT molecular complexity index is 270. The maximum atomic E-state index is 4.10. The zero-order chi connectivity index (χ0) is 7.84. The molecule has 0 saturated heterocycles. The lowest BCUT2D eigenvalue weighted by Gasteiger charge is -2.17. The molecular weight excluding hydrogens is 136 g/mol. The van der Waals surface area contributed by atoms with Crippen molar-refractivity contribution in [2.45, 2.75) is 19.4 Å². The van der Waals surface area contributed by atoms with Crippen molar-refractivity contribution in [2.24, 2.45) is 0 Å². The molecule has 1 aromatic rings. The second-order valence-corrected chi connectivity index (χ2v) is 3.17. The number of hydrogen-bond acceptors (Lipinski definition) is 2. The number of pyridine rings is 1. The lowest BCUT2D eigenvalue weighted by atomic mass is 10.2. The summed E-state index contributed by atoms with van der Waals surface area (Å²) >= 11 is 0. The highest BCUT2D eigenvalue weighted by atomic mass is 15.1. The summed E-state index contributed by atoms with van der Waals surface area (Å²) in [5, 5.41) is 0. The molecule has 0 amide bonds. The molecule has 0 fully saturated rings. The number of likely N-dealkylation sites (N-methyl/N-ethyl adjacent to an activating group) is 1. The molecule has 1 aromatic heterocycles. The van der Waals surface area contributed by atoms with E-state index in [1.54, 1.807) is 0 Å². The van der Waals surface area contributed by atoms with Gasteiger partial charge in [0.2, 0.25) is 0 Å². The van der Waals surface area contributed by atoms with E-state index in [4.69, 9.17) is 0 Å². The summed E-state index contributed by atoms with van der Waals surface area (Å²) in [6.07, 6.45) is 4.96. The molecule has 0 spiro atoms. The summed E-state index contributed by atoms with van der Waals surface area (Å²) in [5.74, 6) is 0. The molecular formula is C9H12N2. The van der Waals surface area contributed by atoms with Crippen molar-refractivity contribution in [3.63, 3.8) is 0 Å². The Morgan fingerprint density at radius 1 is 1.64 bits per heavy atom. The minimum Gasteiger partial charge on any atom is -0.371 e. The number of rotatable bonds is 0. The maximum absolute atomic E-state index is 4.10. The summed E-state index contributed by atoms with van der Waals surface area (Å²) in [5.41, 5.74) is 2.72. The van der Waals surface area contributed by atoms with Gasteiger partial charge in [-0.3, -0.25) is 4.98 Å². The van der Waals surface area contributed by atoms with E-state index >= 15 is 0 Å². The third-order valence-corrected chi connectivity index (χ3v) is 2.43. The van der Waals surface area contributed by atoms with E-state index in [9.17, 15) is 0 Å². The summed E-state index contributed by atoms with van der Waals surface area (Å²) in [7, 11) is 2.14. The molecule has 58 valence electrons. The average Bonchev–Trinajstić information content (AvgIpc) is 2.30. The molecule has 0 aromatic carbocycles. The van der Waals surface area contributed by atoms with Gasteiger partial charge in [0.15, 0.2) is 0 Å². The Kier molecular flexibility index (Phi) is 1.34. The highest BCUT2D eigenvalue weighted by molar-refractivity contribution is 5.57. The molecule has 2 heterocycles. The van der Waals surface area contributed by atoms with E-state index in [1.165, 1.54) is 11.3 Å². The van der Waals surface area contributed by atoms with Gasteiger partial charge in [-0.2, -0.15) is 0 Å². The molecule has 1 unspecified atom stereocenters. The number of nitrogens with zero attached hydrogens (tertiary/aromatic N) is 2. The van der Waals surface area contributed by atoms with Gasteiger partial charge in [0, 0.05) is 31.2 Å². The molecule has 1 atom stereocenters. The van der Waals surface area contributed by atoms with E-state index in [2.05, 4.69) is 29.9 Å². The lowest BCUT2D eigenvalue weighted by molar-refractivity contribution is 0.732. The fraction of sp³-hybridized carbons (Fsp3) is 0.444. The standard InChI is InChI=1S/C9H12N2/c1-7-5-8-6-10-4-3-9(8)11(7)2/h3-4,6-7H,5H2,1-2H3. The average molecular weight is 148 g/mol. The highest BCUT2D eigenvalue weighted by Gasteiger charge is 2.21. The van der Waals surface area contributed by atoms with Crippen molar-refractivity contribution >= 4 is 5.69 Å². The van der Waals surface area contributed by atoms with Crippen LogP contribution in [0, 0.1) is 0 Å². The third-order valence-electron chi connectivity index (χ3n) is 2.43. The molecule has 2 rings (SSSR count). The third kappa shape index (κ3) is 0.897. The van der Waals surface area contributed by atoms with E-state index in [1.807, 2.05) is 12.4 Å². The first kappa shape index (κ1) is 6.65. The Morgan fingerprint density at radius 3 is 3.18 bits per heavy atom. The van der Waals surface area contributed by atoms with Crippen LogP contribution < -0.4 is 4.90 Å². The monoisotopic (exact) mass is 148 g/mol. The lowest BCUT2D eigenvalue weighted by Crippen LogP contribution is -2.23. The Morgan fingerprint density at radius 2 is 2.45 bits per heavy atom. The summed E-state index contributed by atoms with van der Waals surface area (Å²) in [4.78, 5) is 6.40. The second kappa shape index (κ2) is 2.22. The van der Waals surface area contributed by atoms with Crippen molar-refractivity contribution in [3.8, 4) is 0 Å². The minimum atomic E-state index is 0.634. The van der Waals surface area contributed by atoms with Gasteiger partial charge in [0.05, 0.1) is 0 Å². The topological polar surface area (TPSA) is 16.1 Å². The highest BCUT2D eigenvalue weighted by Crippen LogP contribution is 2.28. The number of fused-ring (bicyclic) bond motifs is 1. The maximum Gasteiger partial charge on any atom is 0.0430 e. The van der Waals surface area contributed by atoms with Crippen LogP contribution in [0.2, 0.25) is 0 Å². The van der Waals surface area contributed by atoms with Gasteiger partial charge in [0.25, 0.3) is 0 Å². The molecule has 0 N–H and O–H groups in total. The molecule has 0 radical (unpaired) electrons. The van der Waals surface area contributed by atoms with E-state index in [-0.39, 0.29) is 0 Å². The molecule has 0 aliphatic carbocycles. The van der Waals surface area contributed by atoms with Gasteiger partial charge in [0.1, 0.15) is 0 Å². The van der Waals surface area contributed by atoms with Gasteiger partial charge in [-0.15, -0.1) is 0 Å². The Hall–Kier alpha value is -1.05. The summed E-state index contributed by atoms with van der Waals surface area (Å²) < 4.78 is 0. The van der Waals surface area contributed by atoms with Crippen LogP contribution in [0.4, 0.5) is 5.69 Å². The molecule has 2 heteroatoms. The summed E-state index contributed by atoms with van der Waals surface area (Å²) in [6, 6.07) is 2.72. The van der Waals surface area contributed by atoms with Gasteiger partial charge >= 0.3 is 0 Å². The Balaban J connectivity index is 2.47. The van der Waals surface area contributed by atoms with Crippen molar-refractivity contribution in [3.05, 3.63) is 24.0 Å². The summed E-state index contributed by atoms with van der Waals surface area (Å²) in [6.45, 7) is 2.24. The zero-order valence-electron chi connectivity index (χ0n) is 6.91. The van der Waals surface area contributed by atoms with Crippen LogP contribution in [0.3, 0.4) is 0 Å². The number of anilines is 1. The predicted molar refractivity (Wildman–Crippen MR) is 45.8 cm³/mol. The fourth-order valence-corrected chi connectivity index (χ4v) is 1.61. The largest absolute Gasteiger partial charge is 0.371 e. The van der Waals surface area contributed by atoms with Gasteiger partial charge in [-0.1, -0.05) is 0 Å². The normalized spacial score (nSPS) is 22.0. The van der Waals surface area contributed by atoms with Crippen molar-refractivity contribution < 1.29 is 0 Å².